The lowest BCUT2D eigenvalue weighted by Gasteiger charge is -2.05. The maximum atomic E-state index is 12.8. The highest BCUT2D eigenvalue weighted by Crippen LogP contribution is 2.19. The van der Waals surface area contributed by atoms with Gasteiger partial charge in [0.15, 0.2) is 0 Å². The van der Waals surface area contributed by atoms with Crippen molar-refractivity contribution in [3.63, 3.8) is 0 Å². The molecule has 2 aromatic heterocycles. The van der Waals surface area contributed by atoms with Crippen LogP contribution < -0.4 is 5.56 Å². The molecule has 146 valence electrons. The number of aromatic nitrogens is 4. The number of benzene rings is 2. The first-order chi connectivity index (χ1) is 13.9. The fourth-order valence-electron chi connectivity index (χ4n) is 3.17. The summed E-state index contributed by atoms with van der Waals surface area (Å²) in [5.41, 5.74) is 4.17. The molecule has 0 atom stereocenters. The van der Waals surface area contributed by atoms with Crippen LogP contribution in [0.2, 0.25) is 5.15 Å². The van der Waals surface area contributed by atoms with Gasteiger partial charge in [-0.15, -0.1) is 0 Å². The van der Waals surface area contributed by atoms with Crippen molar-refractivity contribution in [2.45, 2.75) is 27.3 Å². The van der Waals surface area contributed by atoms with Crippen LogP contribution in [-0.4, -0.2) is 25.7 Å². The zero-order chi connectivity index (χ0) is 20.5. The Morgan fingerprint density at radius 2 is 1.79 bits per heavy atom. The normalized spacial score (nSPS) is 11.6. The van der Waals surface area contributed by atoms with Crippen LogP contribution in [0.3, 0.4) is 0 Å². The molecular formula is C22H20ClN5O. The molecule has 0 unspecified atom stereocenters. The lowest BCUT2D eigenvalue weighted by Crippen LogP contribution is -2.20. The van der Waals surface area contributed by atoms with Gasteiger partial charge in [-0.2, -0.15) is 14.9 Å². The van der Waals surface area contributed by atoms with Crippen molar-refractivity contribution >= 4 is 28.7 Å². The van der Waals surface area contributed by atoms with Crippen molar-refractivity contribution in [3.8, 4) is 0 Å². The molecule has 4 aromatic rings. The summed E-state index contributed by atoms with van der Waals surface area (Å²) in [6.07, 6.45) is 1.57. The van der Waals surface area contributed by atoms with Crippen molar-refractivity contribution < 1.29 is 0 Å². The third-order valence-corrected chi connectivity index (χ3v) is 5.18. The topological polar surface area (TPSA) is 65.1 Å². The van der Waals surface area contributed by atoms with Crippen molar-refractivity contribution in [2.75, 3.05) is 0 Å². The number of hydrogen-bond donors (Lipinski definition) is 0. The van der Waals surface area contributed by atoms with Crippen molar-refractivity contribution in [3.05, 3.63) is 92.2 Å². The third-order valence-electron chi connectivity index (χ3n) is 4.78. The molecule has 6 nitrogen and oxygen atoms in total. The van der Waals surface area contributed by atoms with Gasteiger partial charge < -0.3 is 0 Å². The van der Waals surface area contributed by atoms with E-state index in [1.165, 1.54) is 10.2 Å². The third kappa shape index (κ3) is 3.71. The molecule has 7 heteroatoms. The maximum Gasteiger partial charge on any atom is 0.282 e. The van der Waals surface area contributed by atoms with Crippen LogP contribution in [0, 0.1) is 20.8 Å². The zero-order valence-electron chi connectivity index (χ0n) is 16.4. The molecule has 0 saturated heterocycles. The van der Waals surface area contributed by atoms with E-state index in [4.69, 9.17) is 11.6 Å². The van der Waals surface area contributed by atoms with E-state index in [0.29, 0.717) is 34.0 Å². The van der Waals surface area contributed by atoms with Crippen LogP contribution in [0.1, 0.15) is 28.2 Å². The van der Waals surface area contributed by atoms with Gasteiger partial charge in [-0.1, -0.05) is 53.6 Å². The second-order valence-electron chi connectivity index (χ2n) is 6.97. The van der Waals surface area contributed by atoms with Gasteiger partial charge >= 0.3 is 0 Å². The van der Waals surface area contributed by atoms with E-state index in [1.807, 2.05) is 25.1 Å². The average Bonchev–Trinajstić information content (AvgIpc) is 2.96. The van der Waals surface area contributed by atoms with E-state index >= 15 is 0 Å². The fraction of sp³-hybridized carbons (Fsp3) is 0.182. The van der Waals surface area contributed by atoms with Gasteiger partial charge in [0.1, 0.15) is 11.0 Å². The van der Waals surface area contributed by atoms with Gasteiger partial charge in [0.25, 0.3) is 5.56 Å². The van der Waals surface area contributed by atoms with Crippen LogP contribution in [-0.2, 0) is 6.54 Å². The number of fused-ring (bicyclic) bond motifs is 1. The molecule has 0 aliphatic heterocycles. The van der Waals surface area contributed by atoms with Gasteiger partial charge in [-0.3, -0.25) is 4.79 Å². The molecule has 0 saturated carbocycles. The van der Waals surface area contributed by atoms with Crippen molar-refractivity contribution in [2.24, 2.45) is 5.10 Å². The van der Waals surface area contributed by atoms with E-state index in [1.54, 1.807) is 23.9 Å². The summed E-state index contributed by atoms with van der Waals surface area (Å²) in [7, 11) is 0. The molecule has 0 N–H and O–H groups in total. The summed E-state index contributed by atoms with van der Waals surface area (Å²) < 4.78 is 3.02. The molecule has 0 fully saturated rings. The SMILES string of the molecule is Cc1ccc(Cn2nc(C)c(/C=N\n3c(C)nc4ccccc4c3=O)c2Cl)cc1. The molecule has 29 heavy (non-hydrogen) atoms. The van der Waals surface area contributed by atoms with E-state index in [-0.39, 0.29) is 5.56 Å². The van der Waals surface area contributed by atoms with E-state index in [2.05, 4.69) is 46.4 Å². The van der Waals surface area contributed by atoms with Crippen molar-refractivity contribution in [1.82, 2.24) is 19.4 Å². The molecule has 2 heterocycles. The molecule has 0 amide bonds. The predicted octanol–water partition coefficient (Wildman–Crippen LogP) is 4.10. The Morgan fingerprint density at radius 3 is 2.55 bits per heavy atom. The van der Waals surface area contributed by atoms with Crippen molar-refractivity contribution in [1.29, 1.82) is 0 Å². The highest BCUT2D eigenvalue weighted by atomic mass is 35.5. The van der Waals surface area contributed by atoms with E-state index < -0.39 is 0 Å². The Hall–Kier alpha value is -3.25. The van der Waals surface area contributed by atoms with Crippen LogP contribution >= 0.6 is 11.6 Å². The number of para-hydroxylation sites is 1. The minimum atomic E-state index is -0.217. The van der Waals surface area contributed by atoms with Crippen LogP contribution in [0.5, 0.6) is 0 Å². The molecule has 0 bridgehead atoms. The Bertz CT molecular complexity index is 1290. The second kappa shape index (κ2) is 7.64. The molecule has 0 aliphatic rings. The number of halogens is 1. The molecular weight excluding hydrogens is 386 g/mol. The van der Waals surface area contributed by atoms with Gasteiger partial charge in [0, 0.05) is 0 Å². The van der Waals surface area contributed by atoms with Gasteiger partial charge in [0.05, 0.1) is 34.9 Å². The highest BCUT2D eigenvalue weighted by Gasteiger charge is 2.13. The summed E-state index contributed by atoms with van der Waals surface area (Å²) >= 11 is 6.56. The first-order valence-corrected chi connectivity index (χ1v) is 9.63. The molecule has 2 aromatic carbocycles. The monoisotopic (exact) mass is 405 g/mol. The van der Waals surface area contributed by atoms with E-state index in [9.17, 15) is 4.79 Å². The minimum Gasteiger partial charge on any atom is -0.267 e. The first-order valence-electron chi connectivity index (χ1n) is 9.25. The number of rotatable bonds is 4. The van der Waals surface area contributed by atoms with Crippen LogP contribution in [0.25, 0.3) is 10.9 Å². The van der Waals surface area contributed by atoms with Gasteiger partial charge in [-0.05, 0) is 38.5 Å². The first kappa shape index (κ1) is 19.1. The lowest BCUT2D eigenvalue weighted by atomic mass is 10.1. The number of hydrogen-bond acceptors (Lipinski definition) is 4. The Kier molecular flexibility index (Phi) is 5.03. The van der Waals surface area contributed by atoms with Gasteiger partial charge in [-0.25, -0.2) is 9.67 Å². The second-order valence-corrected chi connectivity index (χ2v) is 7.33. The Morgan fingerprint density at radius 1 is 1.07 bits per heavy atom. The summed E-state index contributed by atoms with van der Waals surface area (Å²) in [4.78, 5) is 17.2. The average molecular weight is 406 g/mol. The Labute approximate surface area is 173 Å². The number of nitrogens with zero attached hydrogens (tertiary/aromatic N) is 5. The minimum absolute atomic E-state index is 0.217. The number of aryl methyl sites for hydroxylation is 3. The molecule has 0 spiro atoms. The van der Waals surface area contributed by atoms with Crippen LogP contribution in [0.15, 0.2) is 58.4 Å². The summed E-state index contributed by atoms with van der Waals surface area (Å²) in [6.45, 7) is 6.23. The lowest BCUT2D eigenvalue weighted by molar-refractivity contribution is 0.680. The van der Waals surface area contributed by atoms with Gasteiger partial charge in [0.2, 0.25) is 0 Å². The fourth-order valence-corrected chi connectivity index (χ4v) is 3.45. The van der Waals surface area contributed by atoms with E-state index in [0.717, 1.165) is 11.3 Å². The smallest absolute Gasteiger partial charge is 0.267 e. The summed E-state index contributed by atoms with van der Waals surface area (Å²) in [5.74, 6) is 0.505. The summed E-state index contributed by atoms with van der Waals surface area (Å²) in [6, 6.07) is 15.5. The standard InChI is InChI=1S/C22H20ClN5O/c1-14-8-10-17(11-9-14)13-27-21(23)19(15(2)26-27)12-24-28-16(3)25-20-7-5-4-6-18(20)22(28)29/h4-12H,13H2,1-3H3/b24-12-. The highest BCUT2D eigenvalue weighted by molar-refractivity contribution is 6.32. The summed E-state index contributed by atoms with van der Waals surface area (Å²) in [5, 5.41) is 9.88. The zero-order valence-corrected chi connectivity index (χ0v) is 17.2. The molecule has 0 radical (unpaired) electrons. The van der Waals surface area contributed by atoms with Crippen LogP contribution in [0.4, 0.5) is 0 Å². The largest absolute Gasteiger partial charge is 0.282 e. The molecule has 0 aliphatic carbocycles. The predicted molar refractivity (Wildman–Crippen MR) is 116 cm³/mol. The molecule has 4 rings (SSSR count). The maximum absolute atomic E-state index is 12.8. The Balaban J connectivity index is 1.69. The quantitative estimate of drug-likeness (QED) is 0.480.